The van der Waals surface area contributed by atoms with E-state index in [1.165, 1.54) is 6.07 Å². The summed E-state index contributed by atoms with van der Waals surface area (Å²) in [6.45, 7) is -0.131. The predicted octanol–water partition coefficient (Wildman–Crippen LogP) is 2.62. The average Bonchev–Trinajstić information content (AvgIpc) is 2.24. The monoisotopic (exact) mass is 251 g/mol. The zero-order valence-electron chi connectivity index (χ0n) is 8.97. The first-order valence-electron chi connectivity index (χ1n) is 5.10. The van der Waals surface area contributed by atoms with Gasteiger partial charge in [-0.05, 0) is 18.9 Å². The van der Waals surface area contributed by atoms with Crippen LogP contribution in [0.2, 0.25) is 0 Å². The molecule has 0 bridgehead atoms. The number of aliphatic hydroxyl groups excluding tert-OH is 1. The van der Waals surface area contributed by atoms with Gasteiger partial charge in [0.05, 0.1) is 5.56 Å². The lowest BCUT2D eigenvalue weighted by Crippen LogP contribution is -2.16. The third kappa shape index (κ3) is 3.41. The SMILES string of the molecule is N[C@@H](CCCO)c1cccc(C(F)(F)F)c1F. The molecule has 0 unspecified atom stereocenters. The van der Waals surface area contributed by atoms with Crippen LogP contribution in [0.4, 0.5) is 17.6 Å². The zero-order valence-corrected chi connectivity index (χ0v) is 8.97. The van der Waals surface area contributed by atoms with Crippen molar-refractivity contribution in [1.82, 2.24) is 0 Å². The molecule has 0 spiro atoms. The van der Waals surface area contributed by atoms with Gasteiger partial charge in [0, 0.05) is 18.2 Å². The quantitative estimate of drug-likeness (QED) is 0.808. The van der Waals surface area contributed by atoms with Crippen LogP contribution in [0, 0.1) is 5.82 Å². The second-order valence-electron chi connectivity index (χ2n) is 3.68. The normalized spacial score (nSPS) is 13.8. The Kier molecular flexibility index (Phi) is 4.47. The second-order valence-corrected chi connectivity index (χ2v) is 3.68. The largest absolute Gasteiger partial charge is 0.419 e. The van der Waals surface area contributed by atoms with Crippen LogP contribution in [0.1, 0.15) is 30.0 Å². The standard InChI is InChI=1S/C11H13F4NO/c12-10-7(9(16)5-2-6-17)3-1-4-8(10)11(13,14)15/h1,3-4,9,17H,2,5-6,16H2/t9-/m0/s1. The first-order valence-corrected chi connectivity index (χ1v) is 5.10. The van der Waals surface area contributed by atoms with Gasteiger partial charge in [0.25, 0.3) is 0 Å². The molecule has 1 rings (SSSR count). The molecule has 0 aliphatic carbocycles. The highest BCUT2D eigenvalue weighted by atomic mass is 19.4. The molecule has 0 radical (unpaired) electrons. The Morgan fingerprint density at radius 2 is 1.94 bits per heavy atom. The van der Waals surface area contributed by atoms with Gasteiger partial charge in [0.1, 0.15) is 5.82 Å². The van der Waals surface area contributed by atoms with Crippen molar-refractivity contribution in [1.29, 1.82) is 0 Å². The van der Waals surface area contributed by atoms with E-state index in [0.29, 0.717) is 12.5 Å². The summed E-state index contributed by atoms with van der Waals surface area (Å²) in [6.07, 6.45) is -4.18. The molecule has 6 heteroatoms. The molecule has 0 aliphatic rings. The van der Waals surface area contributed by atoms with Gasteiger partial charge in [0.15, 0.2) is 0 Å². The number of alkyl halides is 3. The van der Waals surface area contributed by atoms with E-state index < -0.39 is 23.6 Å². The maximum Gasteiger partial charge on any atom is 0.419 e. The van der Waals surface area contributed by atoms with Crippen LogP contribution in [0.15, 0.2) is 18.2 Å². The van der Waals surface area contributed by atoms with E-state index in [1.54, 1.807) is 0 Å². The van der Waals surface area contributed by atoms with Gasteiger partial charge < -0.3 is 10.8 Å². The van der Waals surface area contributed by atoms with E-state index in [2.05, 4.69) is 0 Å². The molecular weight excluding hydrogens is 238 g/mol. The summed E-state index contributed by atoms with van der Waals surface area (Å²) < 4.78 is 50.9. The van der Waals surface area contributed by atoms with Crippen molar-refractivity contribution in [3.05, 3.63) is 35.1 Å². The average molecular weight is 251 g/mol. The lowest BCUT2D eigenvalue weighted by molar-refractivity contribution is -0.140. The lowest BCUT2D eigenvalue weighted by Gasteiger charge is -2.15. The third-order valence-electron chi connectivity index (χ3n) is 2.41. The van der Waals surface area contributed by atoms with Crippen molar-refractivity contribution < 1.29 is 22.7 Å². The number of benzene rings is 1. The molecule has 1 atom stereocenters. The van der Waals surface area contributed by atoms with Crippen LogP contribution in [0.25, 0.3) is 0 Å². The molecule has 0 saturated carbocycles. The Labute approximate surface area is 96.1 Å². The number of hydrogen-bond acceptors (Lipinski definition) is 2. The Morgan fingerprint density at radius 1 is 1.29 bits per heavy atom. The summed E-state index contributed by atoms with van der Waals surface area (Å²) in [5, 5.41) is 8.59. The van der Waals surface area contributed by atoms with Crippen molar-refractivity contribution in [3.63, 3.8) is 0 Å². The molecule has 17 heavy (non-hydrogen) atoms. The van der Waals surface area contributed by atoms with E-state index in [9.17, 15) is 17.6 Å². The van der Waals surface area contributed by atoms with Crippen LogP contribution in [-0.4, -0.2) is 11.7 Å². The summed E-state index contributed by atoms with van der Waals surface area (Å²) in [5.41, 5.74) is 4.09. The molecule has 0 heterocycles. The van der Waals surface area contributed by atoms with Crippen LogP contribution >= 0.6 is 0 Å². The first kappa shape index (κ1) is 13.9. The van der Waals surface area contributed by atoms with Gasteiger partial charge >= 0.3 is 6.18 Å². The van der Waals surface area contributed by atoms with Gasteiger partial charge in [0.2, 0.25) is 0 Å². The molecule has 3 N–H and O–H groups in total. The molecular formula is C11H13F4NO. The lowest BCUT2D eigenvalue weighted by atomic mass is 9.99. The minimum absolute atomic E-state index is 0.131. The first-order chi connectivity index (χ1) is 7.88. The smallest absolute Gasteiger partial charge is 0.396 e. The van der Waals surface area contributed by atoms with Crippen LogP contribution in [-0.2, 0) is 6.18 Å². The van der Waals surface area contributed by atoms with E-state index in [1.807, 2.05) is 0 Å². The summed E-state index contributed by atoms with van der Waals surface area (Å²) in [4.78, 5) is 0. The minimum atomic E-state index is -4.73. The van der Waals surface area contributed by atoms with E-state index in [4.69, 9.17) is 10.8 Å². The molecule has 0 amide bonds. The molecule has 0 saturated heterocycles. The van der Waals surface area contributed by atoms with Crippen molar-refractivity contribution >= 4 is 0 Å². The van der Waals surface area contributed by atoms with E-state index >= 15 is 0 Å². The number of rotatable bonds is 4. The Balaban J connectivity index is 3.02. The molecule has 1 aromatic carbocycles. The maximum atomic E-state index is 13.6. The van der Waals surface area contributed by atoms with Crippen molar-refractivity contribution in [2.24, 2.45) is 5.73 Å². The fourth-order valence-corrected chi connectivity index (χ4v) is 1.52. The Bertz CT molecular complexity index is 378. The molecule has 1 aromatic rings. The van der Waals surface area contributed by atoms with Gasteiger partial charge in [-0.15, -0.1) is 0 Å². The summed E-state index contributed by atoms with van der Waals surface area (Å²) >= 11 is 0. The van der Waals surface area contributed by atoms with Crippen molar-refractivity contribution in [2.45, 2.75) is 25.1 Å². The maximum absolute atomic E-state index is 13.6. The summed E-state index contributed by atoms with van der Waals surface area (Å²) in [5.74, 6) is -1.33. The fourth-order valence-electron chi connectivity index (χ4n) is 1.52. The minimum Gasteiger partial charge on any atom is -0.396 e. The third-order valence-corrected chi connectivity index (χ3v) is 2.41. The zero-order chi connectivity index (χ0) is 13.1. The second kappa shape index (κ2) is 5.46. The highest BCUT2D eigenvalue weighted by Gasteiger charge is 2.35. The topological polar surface area (TPSA) is 46.2 Å². The van der Waals surface area contributed by atoms with Gasteiger partial charge in [-0.3, -0.25) is 0 Å². The highest BCUT2D eigenvalue weighted by Crippen LogP contribution is 2.34. The Morgan fingerprint density at radius 3 is 2.47 bits per heavy atom. The number of hydrogen-bond donors (Lipinski definition) is 2. The van der Waals surface area contributed by atoms with Gasteiger partial charge in [-0.1, -0.05) is 12.1 Å². The summed E-state index contributed by atoms with van der Waals surface area (Å²) in [7, 11) is 0. The molecule has 0 aliphatic heterocycles. The molecule has 96 valence electrons. The van der Waals surface area contributed by atoms with Crippen LogP contribution in [0.3, 0.4) is 0 Å². The highest BCUT2D eigenvalue weighted by molar-refractivity contribution is 5.30. The molecule has 0 aromatic heterocycles. The van der Waals surface area contributed by atoms with Crippen molar-refractivity contribution in [2.75, 3.05) is 6.61 Å². The number of aliphatic hydroxyl groups is 1. The Hall–Kier alpha value is -1.14. The number of nitrogens with two attached hydrogens (primary N) is 1. The van der Waals surface area contributed by atoms with E-state index in [0.717, 1.165) is 6.07 Å². The van der Waals surface area contributed by atoms with E-state index in [-0.39, 0.29) is 18.6 Å². The van der Waals surface area contributed by atoms with Crippen LogP contribution in [0.5, 0.6) is 0 Å². The van der Waals surface area contributed by atoms with Crippen molar-refractivity contribution in [3.8, 4) is 0 Å². The van der Waals surface area contributed by atoms with Gasteiger partial charge in [-0.2, -0.15) is 13.2 Å². The fraction of sp³-hybridized carbons (Fsp3) is 0.455. The predicted molar refractivity (Wildman–Crippen MR) is 54.7 cm³/mol. The van der Waals surface area contributed by atoms with Crippen LogP contribution < -0.4 is 5.73 Å². The number of halogens is 4. The molecule has 2 nitrogen and oxygen atoms in total. The van der Waals surface area contributed by atoms with Gasteiger partial charge in [-0.25, -0.2) is 4.39 Å². The molecule has 0 fully saturated rings. The summed E-state index contributed by atoms with van der Waals surface area (Å²) in [6, 6.07) is 2.19.